The lowest BCUT2D eigenvalue weighted by Crippen LogP contribution is -2.24. The first-order chi connectivity index (χ1) is 8.45. The van der Waals surface area contributed by atoms with Gasteiger partial charge in [0.15, 0.2) is 0 Å². The van der Waals surface area contributed by atoms with Gasteiger partial charge in [-0.1, -0.05) is 0 Å². The monoisotopic (exact) mass is 227 g/mol. The minimum absolute atomic E-state index is 0.290. The zero-order valence-electron chi connectivity index (χ0n) is 9.40. The molecular formula is C12H13N5. The molecule has 0 unspecified atom stereocenters. The van der Waals surface area contributed by atoms with E-state index in [2.05, 4.69) is 24.8 Å². The molecule has 3 rings (SSSR count). The van der Waals surface area contributed by atoms with Crippen LogP contribution in [0, 0.1) is 0 Å². The van der Waals surface area contributed by atoms with Crippen molar-refractivity contribution in [1.82, 2.24) is 19.9 Å². The van der Waals surface area contributed by atoms with E-state index in [0.29, 0.717) is 6.04 Å². The van der Waals surface area contributed by atoms with Gasteiger partial charge in [-0.2, -0.15) is 0 Å². The van der Waals surface area contributed by atoms with Crippen LogP contribution in [0.2, 0.25) is 0 Å². The normalized spacial score (nSPS) is 19.5. The van der Waals surface area contributed by atoms with Crippen molar-refractivity contribution in [2.45, 2.75) is 18.9 Å². The maximum Gasteiger partial charge on any atom is 0.132 e. The minimum atomic E-state index is 0.290. The van der Waals surface area contributed by atoms with E-state index in [0.717, 1.165) is 30.9 Å². The number of aromatic nitrogens is 4. The molecule has 5 heteroatoms. The standard InChI is InChI=1S/C12H13N5/c1-2-11(10-8-13-5-6-15-10)17(7-1)12-3-4-14-9-16-12/h3-6,8-9,11H,1-2,7H2/t11-/m1/s1. The van der Waals surface area contributed by atoms with Crippen molar-refractivity contribution in [3.8, 4) is 0 Å². The molecule has 3 heterocycles. The first-order valence-electron chi connectivity index (χ1n) is 5.74. The second-order valence-electron chi connectivity index (χ2n) is 4.05. The summed E-state index contributed by atoms with van der Waals surface area (Å²) in [5.74, 6) is 0.966. The Morgan fingerprint density at radius 3 is 2.88 bits per heavy atom. The topological polar surface area (TPSA) is 54.8 Å². The zero-order chi connectivity index (χ0) is 11.5. The fourth-order valence-electron chi connectivity index (χ4n) is 2.28. The van der Waals surface area contributed by atoms with Gasteiger partial charge >= 0.3 is 0 Å². The molecule has 0 N–H and O–H groups in total. The Bertz CT molecular complexity index is 427. The third-order valence-corrected chi connectivity index (χ3v) is 3.04. The Balaban J connectivity index is 1.91. The first-order valence-corrected chi connectivity index (χ1v) is 5.74. The van der Waals surface area contributed by atoms with Gasteiger partial charge in [0, 0.05) is 25.1 Å². The smallest absolute Gasteiger partial charge is 0.132 e. The van der Waals surface area contributed by atoms with E-state index in [-0.39, 0.29) is 0 Å². The minimum Gasteiger partial charge on any atom is -0.348 e. The third-order valence-electron chi connectivity index (χ3n) is 3.04. The van der Waals surface area contributed by atoms with E-state index in [1.54, 1.807) is 24.9 Å². The van der Waals surface area contributed by atoms with Crippen LogP contribution in [-0.2, 0) is 0 Å². The summed E-state index contributed by atoms with van der Waals surface area (Å²) in [6.45, 7) is 1.01. The molecule has 0 aliphatic carbocycles. The average Bonchev–Trinajstić information content (AvgIpc) is 2.90. The van der Waals surface area contributed by atoms with Crippen molar-refractivity contribution in [3.63, 3.8) is 0 Å². The van der Waals surface area contributed by atoms with E-state index in [4.69, 9.17) is 0 Å². The molecule has 1 saturated heterocycles. The summed E-state index contributed by atoms with van der Waals surface area (Å²) >= 11 is 0. The molecule has 17 heavy (non-hydrogen) atoms. The fourth-order valence-corrected chi connectivity index (χ4v) is 2.28. The van der Waals surface area contributed by atoms with E-state index < -0.39 is 0 Å². The van der Waals surface area contributed by atoms with Crippen LogP contribution in [0.15, 0.2) is 37.2 Å². The van der Waals surface area contributed by atoms with Gasteiger partial charge in [-0.25, -0.2) is 9.97 Å². The Kier molecular flexibility index (Phi) is 2.65. The van der Waals surface area contributed by atoms with E-state index in [1.807, 2.05) is 12.3 Å². The van der Waals surface area contributed by atoms with Crippen LogP contribution in [0.3, 0.4) is 0 Å². The van der Waals surface area contributed by atoms with Gasteiger partial charge in [-0.15, -0.1) is 0 Å². The molecule has 0 spiro atoms. The first kappa shape index (κ1) is 10.1. The van der Waals surface area contributed by atoms with Crippen molar-refractivity contribution in [2.24, 2.45) is 0 Å². The summed E-state index contributed by atoms with van der Waals surface area (Å²) in [7, 11) is 0. The van der Waals surface area contributed by atoms with Crippen molar-refractivity contribution < 1.29 is 0 Å². The molecular weight excluding hydrogens is 214 g/mol. The Morgan fingerprint density at radius 2 is 2.12 bits per heavy atom. The molecule has 0 amide bonds. The Labute approximate surface area is 99.6 Å². The van der Waals surface area contributed by atoms with Crippen molar-refractivity contribution in [2.75, 3.05) is 11.4 Å². The zero-order valence-corrected chi connectivity index (χ0v) is 9.40. The number of hydrogen-bond donors (Lipinski definition) is 0. The summed E-state index contributed by atoms with van der Waals surface area (Å²) in [5, 5.41) is 0. The maximum atomic E-state index is 4.39. The molecule has 5 nitrogen and oxygen atoms in total. The third kappa shape index (κ3) is 1.95. The molecule has 1 fully saturated rings. The van der Waals surface area contributed by atoms with Crippen LogP contribution in [0.1, 0.15) is 24.6 Å². The summed E-state index contributed by atoms with van der Waals surface area (Å²) in [5.41, 5.74) is 1.02. The quantitative estimate of drug-likeness (QED) is 0.780. The number of nitrogens with zero attached hydrogens (tertiary/aromatic N) is 5. The van der Waals surface area contributed by atoms with Gasteiger partial charge in [-0.05, 0) is 18.9 Å². The molecule has 0 aromatic carbocycles. The predicted octanol–water partition coefficient (Wildman–Crippen LogP) is 1.61. The molecule has 2 aromatic heterocycles. The summed E-state index contributed by atoms with van der Waals surface area (Å²) in [6, 6.07) is 2.23. The molecule has 1 atom stereocenters. The van der Waals surface area contributed by atoms with Crippen molar-refractivity contribution >= 4 is 5.82 Å². The number of anilines is 1. The van der Waals surface area contributed by atoms with Gasteiger partial charge in [0.05, 0.1) is 17.9 Å². The highest BCUT2D eigenvalue weighted by atomic mass is 15.2. The largest absolute Gasteiger partial charge is 0.348 e. The molecule has 86 valence electrons. The van der Waals surface area contributed by atoms with Crippen LogP contribution in [-0.4, -0.2) is 26.5 Å². The predicted molar refractivity (Wildman–Crippen MR) is 63.4 cm³/mol. The Hall–Kier alpha value is -2.04. The lowest BCUT2D eigenvalue weighted by atomic mass is 10.1. The Morgan fingerprint density at radius 1 is 1.12 bits per heavy atom. The molecule has 0 saturated carbocycles. The van der Waals surface area contributed by atoms with Crippen LogP contribution in [0.4, 0.5) is 5.82 Å². The second kappa shape index (κ2) is 4.45. The van der Waals surface area contributed by atoms with Crippen LogP contribution in [0.25, 0.3) is 0 Å². The lowest BCUT2D eigenvalue weighted by molar-refractivity contribution is 0.682. The number of hydrogen-bond acceptors (Lipinski definition) is 5. The molecule has 0 radical (unpaired) electrons. The van der Waals surface area contributed by atoms with Gasteiger partial charge in [0.1, 0.15) is 12.1 Å². The molecule has 2 aromatic rings. The molecule has 0 bridgehead atoms. The highest BCUT2D eigenvalue weighted by Crippen LogP contribution is 2.33. The summed E-state index contributed by atoms with van der Waals surface area (Å²) in [6.07, 6.45) is 10.9. The SMILES string of the molecule is c1cc(N2CCC[C@@H]2c2cnccn2)ncn1. The fraction of sp³-hybridized carbons (Fsp3) is 0.333. The van der Waals surface area contributed by atoms with Crippen molar-refractivity contribution in [1.29, 1.82) is 0 Å². The van der Waals surface area contributed by atoms with Gasteiger partial charge in [0.25, 0.3) is 0 Å². The highest BCUT2D eigenvalue weighted by molar-refractivity contribution is 5.41. The van der Waals surface area contributed by atoms with Gasteiger partial charge < -0.3 is 4.90 Å². The average molecular weight is 227 g/mol. The van der Waals surface area contributed by atoms with Crippen molar-refractivity contribution in [3.05, 3.63) is 42.9 Å². The lowest BCUT2D eigenvalue weighted by Gasteiger charge is -2.24. The van der Waals surface area contributed by atoms with E-state index in [9.17, 15) is 0 Å². The summed E-state index contributed by atoms with van der Waals surface area (Å²) in [4.78, 5) is 19.0. The van der Waals surface area contributed by atoms with E-state index in [1.165, 1.54) is 0 Å². The second-order valence-corrected chi connectivity index (χ2v) is 4.05. The summed E-state index contributed by atoms with van der Waals surface area (Å²) < 4.78 is 0. The molecule has 1 aliphatic heterocycles. The highest BCUT2D eigenvalue weighted by Gasteiger charge is 2.27. The molecule has 1 aliphatic rings. The van der Waals surface area contributed by atoms with Gasteiger partial charge in [0.2, 0.25) is 0 Å². The van der Waals surface area contributed by atoms with Crippen LogP contribution in [0.5, 0.6) is 0 Å². The van der Waals surface area contributed by atoms with Gasteiger partial charge in [-0.3, -0.25) is 9.97 Å². The van der Waals surface area contributed by atoms with E-state index >= 15 is 0 Å². The van der Waals surface area contributed by atoms with Crippen LogP contribution >= 0.6 is 0 Å². The maximum absolute atomic E-state index is 4.39. The van der Waals surface area contributed by atoms with Crippen LogP contribution < -0.4 is 4.90 Å². The number of rotatable bonds is 2.